The number of primary amides is 1. The number of nitrogens with one attached hydrogen (secondary N) is 2. The summed E-state index contributed by atoms with van der Waals surface area (Å²) in [5.74, 6) is -2.14. The Bertz CT molecular complexity index is 1210. The molecule has 9 nitrogen and oxygen atoms in total. The lowest BCUT2D eigenvalue weighted by Gasteiger charge is -2.07. The number of hydrogen-bond acceptors (Lipinski definition) is 8. The van der Waals surface area contributed by atoms with Crippen LogP contribution < -0.4 is 16.4 Å². The van der Waals surface area contributed by atoms with Crippen LogP contribution in [-0.4, -0.2) is 30.3 Å². The lowest BCUT2D eigenvalue weighted by atomic mass is 10.1. The largest absolute Gasteiger partial charge is 0.459 e. The Kier molecular flexibility index (Phi) is 6.10. The molecule has 4 rings (SSSR count). The SMILES string of the molecule is Cc1cc(NC(=O)c2ccco2)sc1C(=O)OCC(=O)Nc1sc2c(c1C(N)=O)CCC2. The first kappa shape index (κ1) is 21.8. The van der Waals surface area contributed by atoms with E-state index in [-0.39, 0.29) is 10.6 Å². The maximum atomic E-state index is 12.4. The van der Waals surface area contributed by atoms with Crippen molar-refractivity contribution in [3.05, 3.63) is 56.7 Å². The number of carbonyl (C=O) groups is 4. The first-order chi connectivity index (χ1) is 15.3. The molecule has 3 aromatic rings. The first-order valence-corrected chi connectivity index (χ1v) is 11.3. The second-order valence-corrected chi connectivity index (χ2v) is 9.26. The topological polar surface area (TPSA) is 141 Å². The first-order valence-electron chi connectivity index (χ1n) is 9.70. The summed E-state index contributed by atoms with van der Waals surface area (Å²) in [7, 11) is 0. The zero-order chi connectivity index (χ0) is 22.8. The summed E-state index contributed by atoms with van der Waals surface area (Å²) in [6, 6.07) is 4.75. The molecule has 0 atom stereocenters. The quantitative estimate of drug-likeness (QED) is 0.450. The Labute approximate surface area is 190 Å². The fraction of sp³-hybridized carbons (Fsp3) is 0.238. The summed E-state index contributed by atoms with van der Waals surface area (Å²) < 4.78 is 10.2. The van der Waals surface area contributed by atoms with Gasteiger partial charge in [0.2, 0.25) is 0 Å². The number of thiophene rings is 2. The molecule has 3 aromatic heterocycles. The standard InChI is InChI=1S/C21H19N3O6S2/c1-10-8-15(24-19(27)12-5-3-7-29-12)32-17(10)21(28)30-9-14(25)23-20-16(18(22)26)11-4-2-6-13(11)31-20/h3,5,7-8H,2,4,6,9H2,1H3,(H2,22,26)(H,23,25)(H,24,27). The van der Waals surface area contributed by atoms with Gasteiger partial charge < -0.3 is 25.5 Å². The van der Waals surface area contributed by atoms with Crippen molar-refractivity contribution in [3.8, 4) is 0 Å². The summed E-state index contributed by atoms with van der Waals surface area (Å²) >= 11 is 2.36. The van der Waals surface area contributed by atoms with Gasteiger partial charge >= 0.3 is 5.97 Å². The predicted molar refractivity (Wildman–Crippen MR) is 119 cm³/mol. The Morgan fingerprint density at radius 1 is 1.19 bits per heavy atom. The van der Waals surface area contributed by atoms with E-state index in [1.165, 1.54) is 23.7 Å². The molecule has 0 unspecified atom stereocenters. The molecule has 0 aliphatic heterocycles. The average Bonchev–Trinajstić information content (AvgIpc) is 3.50. The smallest absolute Gasteiger partial charge is 0.349 e. The van der Waals surface area contributed by atoms with Gasteiger partial charge in [-0.15, -0.1) is 22.7 Å². The van der Waals surface area contributed by atoms with Crippen LogP contribution >= 0.6 is 22.7 Å². The monoisotopic (exact) mass is 473 g/mol. The third-order valence-electron chi connectivity index (χ3n) is 4.84. The van der Waals surface area contributed by atoms with Crippen LogP contribution in [0.2, 0.25) is 0 Å². The number of rotatable bonds is 7. The zero-order valence-corrected chi connectivity index (χ0v) is 18.6. The highest BCUT2D eigenvalue weighted by molar-refractivity contribution is 7.18. The maximum absolute atomic E-state index is 12.4. The van der Waals surface area contributed by atoms with Crippen LogP contribution in [0.5, 0.6) is 0 Å². The number of hydrogen-bond donors (Lipinski definition) is 3. The van der Waals surface area contributed by atoms with E-state index >= 15 is 0 Å². The third-order valence-corrected chi connectivity index (χ3v) is 7.18. The molecule has 11 heteroatoms. The normalized spacial score (nSPS) is 12.3. The number of nitrogens with two attached hydrogens (primary N) is 1. The van der Waals surface area contributed by atoms with Gasteiger partial charge in [-0.3, -0.25) is 14.4 Å². The highest BCUT2D eigenvalue weighted by atomic mass is 32.1. The van der Waals surface area contributed by atoms with Crippen LogP contribution in [0.15, 0.2) is 28.9 Å². The van der Waals surface area contributed by atoms with Crippen LogP contribution in [0.3, 0.4) is 0 Å². The molecule has 0 spiro atoms. The Morgan fingerprint density at radius 2 is 2.00 bits per heavy atom. The number of esters is 1. The van der Waals surface area contributed by atoms with E-state index in [4.69, 9.17) is 14.9 Å². The number of carbonyl (C=O) groups excluding carboxylic acids is 4. The molecule has 3 heterocycles. The molecule has 0 bridgehead atoms. The number of ether oxygens (including phenoxy) is 1. The molecule has 166 valence electrons. The van der Waals surface area contributed by atoms with Gasteiger partial charge in [0, 0.05) is 4.88 Å². The van der Waals surface area contributed by atoms with Gasteiger partial charge in [-0.1, -0.05) is 0 Å². The van der Waals surface area contributed by atoms with Gasteiger partial charge in [0.25, 0.3) is 17.7 Å². The fourth-order valence-corrected chi connectivity index (χ4v) is 5.71. The van der Waals surface area contributed by atoms with E-state index in [2.05, 4.69) is 10.6 Å². The predicted octanol–water partition coefficient (Wildman–Crippen LogP) is 3.35. The molecule has 0 saturated carbocycles. The molecule has 3 amide bonds. The number of furan rings is 1. The number of anilines is 2. The number of amides is 3. The molecule has 1 aliphatic carbocycles. The summed E-state index contributed by atoms with van der Waals surface area (Å²) in [6.45, 7) is 1.17. The zero-order valence-electron chi connectivity index (χ0n) is 17.0. The Morgan fingerprint density at radius 3 is 2.72 bits per heavy atom. The van der Waals surface area contributed by atoms with Crippen LogP contribution in [0.1, 0.15) is 53.0 Å². The minimum atomic E-state index is -0.690. The Balaban J connectivity index is 1.36. The van der Waals surface area contributed by atoms with E-state index in [0.717, 1.165) is 41.0 Å². The second kappa shape index (κ2) is 8.97. The molecule has 4 N–H and O–H groups in total. The molecule has 32 heavy (non-hydrogen) atoms. The van der Waals surface area contributed by atoms with E-state index in [1.54, 1.807) is 19.1 Å². The molecular weight excluding hydrogens is 454 g/mol. The third kappa shape index (κ3) is 4.43. The highest BCUT2D eigenvalue weighted by Crippen LogP contribution is 2.38. The van der Waals surface area contributed by atoms with Crippen LogP contribution in [0.4, 0.5) is 10.0 Å². The molecule has 1 aliphatic rings. The summed E-state index contributed by atoms with van der Waals surface area (Å²) in [6.07, 6.45) is 3.95. The van der Waals surface area contributed by atoms with Crippen molar-refractivity contribution in [1.82, 2.24) is 0 Å². The van der Waals surface area contributed by atoms with Crippen molar-refractivity contribution < 1.29 is 28.3 Å². The van der Waals surface area contributed by atoms with Crippen molar-refractivity contribution in [2.45, 2.75) is 26.2 Å². The molecule has 0 fully saturated rings. The minimum absolute atomic E-state index is 0.145. The van der Waals surface area contributed by atoms with Crippen LogP contribution in [0, 0.1) is 6.92 Å². The van der Waals surface area contributed by atoms with Crippen molar-refractivity contribution in [2.24, 2.45) is 5.73 Å². The maximum Gasteiger partial charge on any atom is 0.349 e. The van der Waals surface area contributed by atoms with Gasteiger partial charge in [0.05, 0.1) is 16.8 Å². The van der Waals surface area contributed by atoms with E-state index in [9.17, 15) is 19.2 Å². The van der Waals surface area contributed by atoms with Crippen molar-refractivity contribution in [3.63, 3.8) is 0 Å². The van der Waals surface area contributed by atoms with Gasteiger partial charge in [-0.25, -0.2) is 4.79 Å². The second-order valence-electron chi connectivity index (χ2n) is 7.10. The van der Waals surface area contributed by atoms with Crippen molar-refractivity contribution in [1.29, 1.82) is 0 Å². The van der Waals surface area contributed by atoms with Gasteiger partial charge in [-0.05, 0) is 55.5 Å². The van der Waals surface area contributed by atoms with E-state index < -0.39 is 30.3 Å². The van der Waals surface area contributed by atoms with E-state index in [0.29, 0.717) is 21.1 Å². The lowest BCUT2D eigenvalue weighted by Crippen LogP contribution is -2.22. The minimum Gasteiger partial charge on any atom is -0.459 e. The number of fused-ring (bicyclic) bond motifs is 1. The summed E-state index contributed by atoms with van der Waals surface area (Å²) in [4.78, 5) is 50.0. The van der Waals surface area contributed by atoms with Crippen molar-refractivity contribution in [2.75, 3.05) is 17.2 Å². The highest BCUT2D eigenvalue weighted by Gasteiger charge is 2.26. The van der Waals surface area contributed by atoms with E-state index in [1.807, 2.05) is 0 Å². The Hall–Kier alpha value is -3.44. The number of aryl methyl sites for hydroxylation is 2. The van der Waals surface area contributed by atoms with Crippen LogP contribution in [0.25, 0.3) is 0 Å². The molecule has 0 saturated heterocycles. The van der Waals surface area contributed by atoms with Gasteiger partial charge in [-0.2, -0.15) is 0 Å². The van der Waals surface area contributed by atoms with Gasteiger partial charge in [0.15, 0.2) is 12.4 Å². The summed E-state index contributed by atoms with van der Waals surface area (Å²) in [5, 5.41) is 6.11. The van der Waals surface area contributed by atoms with Crippen molar-refractivity contribution >= 4 is 56.4 Å². The fourth-order valence-electron chi connectivity index (χ4n) is 3.44. The lowest BCUT2D eigenvalue weighted by molar-refractivity contribution is -0.119. The van der Waals surface area contributed by atoms with Crippen LogP contribution in [-0.2, 0) is 22.4 Å². The molecular formula is C21H19N3O6S2. The molecule has 0 radical (unpaired) electrons. The van der Waals surface area contributed by atoms with Gasteiger partial charge in [0.1, 0.15) is 9.88 Å². The molecule has 0 aromatic carbocycles. The average molecular weight is 474 g/mol. The summed E-state index contributed by atoms with van der Waals surface area (Å²) in [5.41, 5.74) is 7.32.